The molecule has 4 nitrogen and oxygen atoms in total. The normalized spacial score (nSPS) is 11.6. The summed E-state index contributed by atoms with van der Waals surface area (Å²) in [7, 11) is 0. The summed E-state index contributed by atoms with van der Waals surface area (Å²) in [5, 5.41) is 8.30. The Morgan fingerprint density at radius 1 is 0.328 bits per heavy atom. The molecular formula is C57H36N4. The Kier molecular flexibility index (Phi) is 8.13. The highest BCUT2D eigenvalue weighted by Crippen LogP contribution is 2.44. The fourth-order valence-corrected chi connectivity index (χ4v) is 9.24. The Morgan fingerprint density at radius 2 is 0.902 bits per heavy atom. The quantitative estimate of drug-likeness (QED) is 0.158. The first-order chi connectivity index (χ1) is 30.2. The van der Waals surface area contributed by atoms with Gasteiger partial charge in [-0.1, -0.05) is 158 Å². The molecule has 0 spiro atoms. The first-order valence-corrected chi connectivity index (χ1v) is 20.7. The zero-order valence-electron chi connectivity index (χ0n) is 33.1. The monoisotopic (exact) mass is 776 g/mol. The van der Waals surface area contributed by atoms with Crippen LogP contribution in [0.5, 0.6) is 0 Å². The number of para-hydroxylation sites is 1. The molecule has 0 bridgehead atoms. The SMILES string of the molecule is c1ccc(-c2c3ccccc3c(-c3cccc(-c4nc(-c5ccc6ccccc6c5)cc(-c5ccc6c(c5)c5ncccc5n6-c5ccccc5)n4)c3)c3ccccc23)cc1. The van der Waals surface area contributed by atoms with E-state index < -0.39 is 0 Å². The number of fused-ring (bicyclic) bond motifs is 6. The van der Waals surface area contributed by atoms with Gasteiger partial charge >= 0.3 is 0 Å². The highest BCUT2D eigenvalue weighted by molar-refractivity contribution is 6.21. The van der Waals surface area contributed by atoms with Crippen LogP contribution < -0.4 is 0 Å². The number of benzene rings is 9. The van der Waals surface area contributed by atoms with Crippen molar-refractivity contribution in [1.82, 2.24) is 19.5 Å². The van der Waals surface area contributed by atoms with Crippen LogP contribution in [-0.4, -0.2) is 19.5 Å². The highest BCUT2D eigenvalue weighted by Gasteiger charge is 2.19. The Bertz CT molecular complexity index is 3590. The summed E-state index contributed by atoms with van der Waals surface area (Å²) < 4.78 is 2.29. The van der Waals surface area contributed by atoms with Gasteiger partial charge in [-0.15, -0.1) is 0 Å². The second-order valence-electron chi connectivity index (χ2n) is 15.6. The van der Waals surface area contributed by atoms with E-state index in [4.69, 9.17) is 15.0 Å². The molecule has 3 heterocycles. The number of hydrogen-bond donors (Lipinski definition) is 0. The maximum Gasteiger partial charge on any atom is 0.160 e. The van der Waals surface area contributed by atoms with Crippen LogP contribution in [0.1, 0.15) is 0 Å². The largest absolute Gasteiger partial charge is 0.308 e. The Labute approximate surface area is 352 Å². The van der Waals surface area contributed by atoms with E-state index in [1.807, 2.05) is 12.3 Å². The van der Waals surface area contributed by atoms with Gasteiger partial charge in [0.25, 0.3) is 0 Å². The summed E-state index contributed by atoms with van der Waals surface area (Å²) in [5.74, 6) is 0.668. The molecule has 61 heavy (non-hydrogen) atoms. The van der Waals surface area contributed by atoms with Crippen LogP contribution in [0.2, 0.25) is 0 Å². The topological polar surface area (TPSA) is 43.6 Å². The lowest BCUT2D eigenvalue weighted by molar-refractivity contribution is 1.17. The Balaban J connectivity index is 1.07. The van der Waals surface area contributed by atoms with Crippen molar-refractivity contribution in [2.75, 3.05) is 0 Å². The molecule has 284 valence electrons. The molecule has 0 aliphatic heterocycles. The van der Waals surface area contributed by atoms with Gasteiger partial charge in [0.2, 0.25) is 0 Å². The average molecular weight is 777 g/mol. The van der Waals surface area contributed by atoms with Crippen molar-refractivity contribution in [3.63, 3.8) is 0 Å². The standard InChI is InChI=1S/C57H36N4/c1-3-16-38(17-4-1)54-45-23-9-11-25-47(45)55(48-26-12-10-24-46(48)54)42-19-13-20-43(34-42)57-59-50(40-29-28-37-15-7-8-18-39(37)33-40)36-51(60-57)41-30-31-52-49(35-41)56-53(27-14-32-58-56)61(52)44-21-5-2-6-22-44/h1-36H. The lowest BCUT2D eigenvalue weighted by Gasteiger charge is -2.18. The molecule has 0 unspecified atom stereocenters. The summed E-state index contributed by atoms with van der Waals surface area (Å²) in [6, 6.07) is 75.5. The summed E-state index contributed by atoms with van der Waals surface area (Å²) in [5.41, 5.74) is 13.7. The molecular weight excluding hydrogens is 741 g/mol. The predicted molar refractivity (Wildman–Crippen MR) is 254 cm³/mol. The molecule has 0 radical (unpaired) electrons. The van der Waals surface area contributed by atoms with E-state index in [1.165, 1.54) is 49.0 Å². The minimum absolute atomic E-state index is 0.668. The van der Waals surface area contributed by atoms with Crippen LogP contribution in [0.25, 0.3) is 116 Å². The fraction of sp³-hybridized carbons (Fsp3) is 0. The van der Waals surface area contributed by atoms with E-state index in [-0.39, 0.29) is 0 Å². The third-order valence-corrected chi connectivity index (χ3v) is 12.0. The second kappa shape index (κ2) is 14.3. The van der Waals surface area contributed by atoms with Gasteiger partial charge in [0.1, 0.15) is 0 Å². The van der Waals surface area contributed by atoms with E-state index in [0.717, 1.165) is 61.3 Å². The van der Waals surface area contributed by atoms with Crippen molar-refractivity contribution in [1.29, 1.82) is 0 Å². The lowest BCUT2D eigenvalue weighted by Crippen LogP contribution is -1.97. The van der Waals surface area contributed by atoms with Crippen LogP contribution in [0, 0.1) is 0 Å². The average Bonchev–Trinajstić information content (AvgIpc) is 3.67. The van der Waals surface area contributed by atoms with E-state index in [1.54, 1.807) is 0 Å². The van der Waals surface area contributed by atoms with Crippen molar-refractivity contribution >= 4 is 54.3 Å². The minimum atomic E-state index is 0.668. The van der Waals surface area contributed by atoms with E-state index in [0.29, 0.717) is 5.82 Å². The van der Waals surface area contributed by atoms with Crippen LogP contribution in [0.4, 0.5) is 0 Å². The molecule has 0 saturated heterocycles. The maximum absolute atomic E-state index is 5.39. The first kappa shape index (κ1) is 34.8. The third-order valence-electron chi connectivity index (χ3n) is 12.0. The van der Waals surface area contributed by atoms with Crippen molar-refractivity contribution in [2.45, 2.75) is 0 Å². The van der Waals surface area contributed by atoms with Gasteiger partial charge in [-0.25, -0.2) is 9.97 Å². The van der Waals surface area contributed by atoms with Crippen LogP contribution >= 0.6 is 0 Å². The third kappa shape index (κ3) is 5.88. The van der Waals surface area contributed by atoms with Gasteiger partial charge in [0, 0.05) is 34.0 Å². The van der Waals surface area contributed by atoms with E-state index in [2.05, 4.69) is 211 Å². The summed E-state index contributed by atoms with van der Waals surface area (Å²) >= 11 is 0. The van der Waals surface area contributed by atoms with Crippen molar-refractivity contribution in [2.24, 2.45) is 0 Å². The van der Waals surface area contributed by atoms with Gasteiger partial charge in [-0.2, -0.15) is 0 Å². The molecule has 0 saturated carbocycles. The van der Waals surface area contributed by atoms with Crippen molar-refractivity contribution < 1.29 is 0 Å². The molecule has 0 amide bonds. The molecule has 4 heteroatoms. The molecule has 0 fully saturated rings. The maximum atomic E-state index is 5.39. The van der Waals surface area contributed by atoms with Gasteiger partial charge < -0.3 is 4.57 Å². The van der Waals surface area contributed by atoms with Crippen LogP contribution in [-0.2, 0) is 0 Å². The van der Waals surface area contributed by atoms with Crippen LogP contribution in [0.15, 0.2) is 219 Å². The molecule has 0 aliphatic carbocycles. The Hall–Kier alpha value is -8.21. The Morgan fingerprint density at radius 3 is 1.62 bits per heavy atom. The molecule has 0 N–H and O–H groups in total. The summed E-state index contributed by atoms with van der Waals surface area (Å²) in [6.45, 7) is 0. The van der Waals surface area contributed by atoms with E-state index >= 15 is 0 Å². The molecule has 12 rings (SSSR count). The fourth-order valence-electron chi connectivity index (χ4n) is 9.24. The van der Waals surface area contributed by atoms with Gasteiger partial charge in [0.05, 0.1) is 27.9 Å². The number of rotatable bonds is 6. The lowest BCUT2D eigenvalue weighted by atomic mass is 9.85. The second-order valence-corrected chi connectivity index (χ2v) is 15.6. The molecule has 12 aromatic rings. The zero-order valence-corrected chi connectivity index (χ0v) is 33.1. The van der Waals surface area contributed by atoms with Crippen molar-refractivity contribution in [3.8, 4) is 61.8 Å². The van der Waals surface area contributed by atoms with Gasteiger partial charge in [0.15, 0.2) is 5.82 Å². The number of aromatic nitrogens is 4. The van der Waals surface area contributed by atoms with Crippen molar-refractivity contribution in [3.05, 3.63) is 219 Å². The smallest absolute Gasteiger partial charge is 0.160 e. The number of nitrogens with zero attached hydrogens (tertiary/aromatic N) is 4. The molecule has 0 aliphatic rings. The summed E-state index contributed by atoms with van der Waals surface area (Å²) in [6.07, 6.45) is 1.87. The predicted octanol–water partition coefficient (Wildman–Crippen LogP) is 14.8. The highest BCUT2D eigenvalue weighted by atomic mass is 15.0. The molecule has 0 atom stereocenters. The summed E-state index contributed by atoms with van der Waals surface area (Å²) in [4.78, 5) is 15.6. The minimum Gasteiger partial charge on any atom is -0.308 e. The zero-order chi connectivity index (χ0) is 40.3. The number of pyridine rings is 1. The van der Waals surface area contributed by atoms with Gasteiger partial charge in [-0.3, -0.25) is 4.98 Å². The molecule has 3 aromatic heterocycles. The van der Waals surface area contributed by atoms with E-state index in [9.17, 15) is 0 Å². The first-order valence-electron chi connectivity index (χ1n) is 20.7. The van der Waals surface area contributed by atoms with Crippen LogP contribution in [0.3, 0.4) is 0 Å². The van der Waals surface area contributed by atoms with Gasteiger partial charge in [-0.05, 0) is 109 Å². The number of hydrogen-bond acceptors (Lipinski definition) is 3. The molecule has 9 aromatic carbocycles.